The van der Waals surface area contributed by atoms with E-state index in [0.717, 1.165) is 24.1 Å². The topological polar surface area (TPSA) is 49.3 Å². The van der Waals surface area contributed by atoms with Gasteiger partial charge in [0.1, 0.15) is 0 Å². The summed E-state index contributed by atoms with van der Waals surface area (Å²) in [6.07, 6.45) is 1.71. The number of carbonyl (C=O) groups is 1. The molecule has 0 saturated heterocycles. The van der Waals surface area contributed by atoms with E-state index in [-0.39, 0.29) is 5.56 Å². The number of carboxylic acid groups (broad SMARTS) is 1. The smallest absolute Gasteiger partial charge is 0.337 e. The molecular weight excluding hydrogens is 369 g/mol. The van der Waals surface area contributed by atoms with E-state index in [9.17, 15) is 9.90 Å². The summed E-state index contributed by atoms with van der Waals surface area (Å²) in [4.78, 5) is 11.3. The van der Waals surface area contributed by atoms with Crippen LogP contribution in [0.25, 0.3) is 0 Å². The molecule has 3 aromatic rings. The van der Waals surface area contributed by atoms with Crippen molar-refractivity contribution in [1.29, 1.82) is 0 Å². The Balaban J connectivity index is 1.66. The largest absolute Gasteiger partial charge is 0.478 e. The molecule has 0 aliphatic carbocycles. The lowest BCUT2D eigenvalue weighted by molar-refractivity contribution is 0.0698. The summed E-state index contributed by atoms with van der Waals surface area (Å²) in [5.41, 5.74) is 3.93. The molecule has 0 heterocycles. The molecular formula is C21H17Cl2NO2. The van der Waals surface area contributed by atoms with Crippen LogP contribution < -0.4 is 5.32 Å². The Morgan fingerprint density at radius 2 is 1.46 bits per heavy atom. The predicted molar refractivity (Wildman–Crippen MR) is 107 cm³/mol. The highest BCUT2D eigenvalue weighted by atomic mass is 35.5. The normalized spacial score (nSPS) is 10.5. The van der Waals surface area contributed by atoms with Gasteiger partial charge >= 0.3 is 5.97 Å². The summed E-state index contributed by atoms with van der Waals surface area (Å²) in [7, 11) is 0. The molecule has 26 heavy (non-hydrogen) atoms. The van der Waals surface area contributed by atoms with Crippen LogP contribution in [0.15, 0.2) is 66.7 Å². The number of carboxylic acids is 1. The molecule has 0 amide bonds. The monoisotopic (exact) mass is 385 g/mol. The van der Waals surface area contributed by atoms with Gasteiger partial charge in [0.15, 0.2) is 0 Å². The Morgan fingerprint density at radius 1 is 0.846 bits per heavy atom. The summed E-state index contributed by atoms with van der Waals surface area (Å²) < 4.78 is 0. The Hall–Kier alpha value is -2.49. The number of aryl methyl sites for hydroxylation is 2. The molecule has 0 aliphatic rings. The summed E-state index contributed by atoms with van der Waals surface area (Å²) in [5, 5.41) is 13.7. The number of halogens is 2. The highest BCUT2D eigenvalue weighted by Crippen LogP contribution is 2.23. The number of hydrogen-bond donors (Lipinski definition) is 2. The summed E-state index contributed by atoms with van der Waals surface area (Å²) in [5.74, 6) is -0.954. The van der Waals surface area contributed by atoms with Gasteiger partial charge in [-0.3, -0.25) is 0 Å². The Kier molecular flexibility index (Phi) is 5.82. The minimum absolute atomic E-state index is 0.245. The number of rotatable bonds is 6. The SMILES string of the molecule is O=C(O)c1ccccc1Nc1ccc(CCc2cc(Cl)cc(Cl)c2)cc1. The summed E-state index contributed by atoms with van der Waals surface area (Å²) in [6, 6.07) is 20.3. The first-order valence-electron chi connectivity index (χ1n) is 8.14. The van der Waals surface area contributed by atoms with Gasteiger partial charge < -0.3 is 10.4 Å². The van der Waals surface area contributed by atoms with E-state index in [0.29, 0.717) is 15.7 Å². The number of aromatic carboxylic acids is 1. The van der Waals surface area contributed by atoms with Crippen LogP contribution in [0.1, 0.15) is 21.5 Å². The molecule has 3 aromatic carbocycles. The zero-order valence-corrected chi connectivity index (χ0v) is 15.4. The van der Waals surface area contributed by atoms with Crippen molar-refractivity contribution in [1.82, 2.24) is 0 Å². The fraction of sp³-hybridized carbons (Fsp3) is 0.0952. The van der Waals surface area contributed by atoms with E-state index < -0.39 is 5.97 Å². The predicted octanol–water partition coefficient (Wildman–Crippen LogP) is 6.22. The average Bonchev–Trinajstić information content (AvgIpc) is 2.61. The van der Waals surface area contributed by atoms with Gasteiger partial charge in [-0.05, 0) is 66.4 Å². The van der Waals surface area contributed by atoms with Gasteiger partial charge in [-0.2, -0.15) is 0 Å². The van der Waals surface area contributed by atoms with Crippen LogP contribution in [0.3, 0.4) is 0 Å². The van der Waals surface area contributed by atoms with Crippen molar-refractivity contribution in [2.45, 2.75) is 12.8 Å². The molecule has 3 nitrogen and oxygen atoms in total. The molecule has 132 valence electrons. The van der Waals surface area contributed by atoms with Gasteiger partial charge in [-0.15, -0.1) is 0 Å². The van der Waals surface area contributed by atoms with Crippen molar-refractivity contribution in [2.24, 2.45) is 0 Å². The molecule has 0 aromatic heterocycles. The van der Waals surface area contributed by atoms with E-state index in [4.69, 9.17) is 23.2 Å². The lowest BCUT2D eigenvalue weighted by Gasteiger charge is -2.10. The minimum atomic E-state index is -0.954. The number of para-hydroxylation sites is 1. The fourth-order valence-corrected chi connectivity index (χ4v) is 3.30. The van der Waals surface area contributed by atoms with Crippen molar-refractivity contribution < 1.29 is 9.90 Å². The maximum atomic E-state index is 11.3. The number of benzene rings is 3. The second kappa shape index (κ2) is 8.26. The molecule has 3 rings (SSSR count). The number of hydrogen-bond acceptors (Lipinski definition) is 2. The van der Waals surface area contributed by atoms with E-state index in [1.54, 1.807) is 30.3 Å². The molecule has 0 spiro atoms. The molecule has 0 saturated carbocycles. The van der Waals surface area contributed by atoms with Gasteiger partial charge in [-0.25, -0.2) is 4.79 Å². The van der Waals surface area contributed by atoms with Gasteiger partial charge in [0.25, 0.3) is 0 Å². The zero-order valence-electron chi connectivity index (χ0n) is 13.9. The molecule has 5 heteroatoms. The van der Waals surface area contributed by atoms with Crippen LogP contribution in [0, 0.1) is 0 Å². The van der Waals surface area contributed by atoms with Crippen LogP contribution in [-0.2, 0) is 12.8 Å². The van der Waals surface area contributed by atoms with Crippen LogP contribution in [-0.4, -0.2) is 11.1 Å². The van der Waals surface area contributed by atoms with Gasteiger partial charge in [0.05, 0.1) is 11.3 Å². The van der Waals surface area contributed by atoms with Crippen LogP contribution in [0.4, 0.5) is 11.4 Å². The average molecular weight is 386 g/mol. The first-order valence-corrected chi connectivity index (χ1v) is 8.90. The van der Waals surface area contributed by atoms with Crippen molar-refractivity contribution in [3.05, 3.63) is 93.5 Å². The minimum Gasteiger partial charge on any atom is -0.478 e. The second-order valence-corrected chi connectivity index (χ2v) is 6.82. The number of nitrogens with one attached hydrogen (secondary N) is 1. The van der Waals surface area contributed by atoms with Crippen LogP contribution in [0.2, 0.25) is 10.0 Å². The lowest BCUT2D eigenvalue weighted by Crippen LogP contribution is -2.02. The van der Waals surface area contributed by atoms with Gasteiger partial charge in [0, 0.05) is 15.7 Å². The van der Waals surface area contributed by atoms with Crippen LogP contribution in [0.5, 0.6) is 0 Å². The third kappa shape index (κ3) is 4.78. The van der Waals surface area contributed by atoms with E-state index >= 15 is 0 Å². The lowest BCUT2D eigenvalue weighted by atomic mass is 10.0. The Labute approximate surface area is 162 Å². The van der Waals surface area contributed by atoms with E-state index in [2.05, 4.69) is 5.32 Å². The van der Waals surface area contributed by atoms with E-state index in [1.807, 2.05) is 36.4 Å². The van der Waals surface area contributed by atoms with Gasteiger partial charge in [0.2, 0.25) is 0 Å². The third-order valence-corrected chi connectivity index (χ3v) is 4.45. The van der Waals surface area contributed by atoms with Crippen LogP contribution >= 0.6 is 23.2 Å². The fourth-order valence-electron chi connectivity index (χ4n) is 2.73. The Bertz CT molecular complexity index is 903. The molecule has 0 bridgehead atoms. The van der Waals surface area contributed by atoms with Gasteiger partial charge in [-0.1, -0.05) is 47.5 Å². The standard InChI is InChI=1S/C21H17Cl2NO2/c22-16-11-15(12-17(23)13-16)6-5-14-7-9-18(10-8-14)24-20-4-2-1-3-19(20)21(25)26/h1-4,7-13,24H,5-6H2,(H,25,26). The van der Waals surface area contributed by atoms with Crippen molar-refractivity contribution in [3.63, 3.8) is 0 Å². The first-order chi connectivity index (χ1) is 12.5. The molecule has 0 fully saturated rings. The molecule has 2 N–H and O–H groups in total. The number of anilines is 2. The van der Waals surface area contributed by atoms with Crippen molar-refractivity contribution in [3.8, 4) is 0 Å². The highest BCUT2D eigenvalue weighted by molar-refractivity contribution is 6.34. The zero-order chi connectivity index (χ0) is 18.5. The highest BCUT2D eigenvalue weighted by Gasteiger charge is 2.09. The third-order valence-electron chi connectivity index (χ3n) is 4.02. The molecule has 0 aliphatic heterocycles. The maximum Gasteiger partial charge on any atom is 0.337 e. The quantitative estimate of drug-likeness (QED) is 0.529. The first kappa shape index (κ1) is 18.3. The second-order valence-electron chi connectivity index (χ2n) is 5.95. The molecule has 0 radical (unpaired) electrons. The van der Waals surface area contributed by atoms with Crippen molar-refractivity contribution >= 4 is 40.5 Å². The Morgan fingerprint density at radius 3 is 2.12 bits per heavy atom. The molecule has 0 unspecified atom stereocenters. The summed E-state index contributed by atoms with van der Waals surface area (Å²) in [6.45, 7) is 0. The summed E-state index contributed by atoms with van der Waals surface area (Å²) >= 11 is 12.1. The van der Waals surface area contributed by atoms with E-state index in [1.165, 1.54) is 5.56 Å². The molecule has 0 atom stereocenters. The van der Waals surface area contributed by atoms with Crippen molar-refractivity contribution in [2.75, 3.05) is 5.32 Å². The maximum absolute atomic E-state index is 11.3.